The van der Waals surface area contributed by atoms with E-state index in [9.17, 15) is 0 Å². The maximum absolute atomic E-state index is 8.82. The minimum absolute atomic E-state index is 2.61. The molecule has 0 heterocycles. The number of rotatable bonds is 0. The van der Waals surface area contributed by atoms with Gasteiger partial charge in [0.05, 0.1) is 0 Å². The van der Waals surface area contributed by atoms with Gasteiger partial charge in [-0.2, -0.15) is 4.21 Å². The maximum atomic E-state index is 8.82. The molecule has 0 fully saturated rings. The summed E-state index contributed by atoms with van der Waals surface area (Å²) in [6, 6.07) is 0. The molecule has 9 heavy (non-hydrogen) atoms. The standard InChI is InChI=1S/Cr.H2O3S.2H2O.2O/c;1-4(2)3;;;;/h;(H2,1,2,3);2*1H2;;/q+2;;;;;/p-2. The summed E-state index contributed by atoms with van der Waals surface area (Å²) in [7, 11) is 0. The molecular weight excluding hydrogens is 196 g/mol. The van der Waals surface area contributed by atoms with Crippen LogP contribution in [0.2, 0.25) is 0 Å². The predicted octanol–water partition coefficient (Wildman–Crippen LogP) is -1.67. The van der Waals surface area contributed by atoms with E-state index in [0.717, 1.165) is 0 Å². The minimum atomic E-state index is -5.25. The van der Waals surface area contributed by atoms with E-state index in [1.54, 1.807) is 0 Å². The van der Waals surface area contributed by atoms with Crippen molar-refractivity contribution in [3.05, 3.63) is 0 Å². The van der Waals surface area contributed by atoms with E-state index in [1.807, 2.05) is 0 Å². The average molecular weight is 200 g/mol. The molecule has 0 rings (SSSR count). The molecule has 58 valence electrons. The molecule has 0 aliphatic rings. The normalized spacial score (nSPS) is 10.3. The van der Waals surface area contributed by atoms with Crippen LogP contribution in [-0.4, -0.2) is 21.6 Å². The summed E-state index contributed by atoms with van der Waals surface area (Å²) in [5.41, 5.74) is 0. The molecule has 0 spiro atoms. The first-order valence-electron chi connectivity index (χ1n) is 1.23. The van der Waals surface area contributed by atoms with Gasteiger partial charge in [0.2, 0.25) is 0 Å². The van der Waals surface area contributed by atoms with Crippen LogP contribution in [0, 0.1) is 0 Å². The average Bonchev–Trinajstić information content (AvgIpc) is 1.19. The van der Waals surface area contributed by atoms with Crippen LogP contribution in [-0.2, 0) is 32.6 Å². The molecule has 0 bridgehead atoms. The fourth-order valence-corrected chi connectivity index (χ4v) is 0. The molecule has 0 atom stereocenters. The van der Waals surface area contributed by atoms with E-state index < -0.39 is 25.0 Å². The van der Waals surface area contributed by atoms with Crippen molar-refractivity contribution in [1.29, 1.82) is 0 Å². The zero-order valence-electron chi connectivity index (χ0n) is 3.83. The van der Waals surface area contributed by atoms with E-state index in [4.69, 9.17) is 29.2 Å². The van der Waals surface area contributed by atoms with Gasteiger partial charge in [-0.15, -0.1) is 0 Å². The Balaban J connectivity index is 0. The summed E-state index contributed by atoms with van der Waals surface area (Å²) in [6.07, 6.45) is 0. The molecule has 0 aromatic heterocycles. The van der Waals surface area contributed by atoms with Gasteiger partial charge < -0.3 is 0 Å². The van der Waals surface area contributed by atoms with Crippen LogP contribution in [0.25, 0.3) is 0 Å². The molecule has 4 N–H and O–H groups in total. The summed E-state index contributed by atoms with van der Waals surface area (Å²) in [6.45, 7) is 0. The zero-order valence-corrected chi connectivity index (χ0v) is 5.92. The molecular formula is H4CrO7S. The third kappa shape index (κ3) is 20300. The summed E-state index contributed by atoms with van der Waals surface area (Å²) in [5.74, 6) is 0. The Labute approximate surface area is 54.8 Å². The van der Waals surface area contributed by atoms with Crippen molar-refractivity contribution in [2.75, 3.05) is 0 Å². The Hall–Kier alpha value is 0.122. The van der Waals surface area contributed by atoms with E-state index in [-0.39, 0.29) is 0 Å². The molecule has 0 saturated carbocycles. The van der Waals surface area contributed by atoms with Crippen molar-refractivity contribution in [3.63, 3.8) is 0 Å². The number of hydrogen-bond donors (Lipinski definition) is 4. The molecule has 0 aromatic carbocycles. The fourth-order valence-electron chi connectivity index (χ4n) is 0. The van der Waals surface area contributed by atoms with Crippen molar-refractivity contribution in [2.24, 2.45) is 0 Å². The second-order valence-corrected chi connectivity index (χ2v) is 2.54. The van der Waals surface area contributed by atoms with Crippen molar-refractivity contribution in [3.8, 4) is 0 Å². The van der Waals surface area contributed by atoms with Gasteiger partial charge in [0.15, 0.2) is 0 Å². The first kappa shape index (κ1) is 11.9. The Morgan fingerprint density at radius 1 is 1.11 bits per heavy atom. The van der Waals surface area contributed by atoms with Crippen LogP contribution in [0.4, 0.5) is 0 Å². The summed E-state index contributed by atoms with van der Waals surface area (Å²) in [5, 5.41) is 0. The summed E-state index contributed by atoms with van der Waals surface area (Å²) in [4.78, 5) is 0. The molecule has 9 heteroatoms. The van der Waals surface area contributed by atoms with Crippen LogP contribution in [0.1, 0.15) is 0 Å². The zero-order chi connectivity index (χ0) is 8.08. The van der Waals surface area contributed by atoms with E-state index in [1.165, 1.54) is 0 Å². The number of hydrogen-bond acceptors (Lipinski definition) is 3. The van der Waals surface area contributed by atoms with Crippen molar-refractivity contribution in [1.82, 2.24) is 0 Å². The molecule has 0 aliphatic heterocycles. The topological polar surface area (TPSA) is 132 Å². The first-order valence-corrected chi connectivity index (χ1v) is 4.48. The molecule has 0 amide bonds. The van der Waals surface area contributed by atoms with Crippen LogP contribution in [0.3, 0.4) is 0 Å². The van der Waals surface area contributed by atoms with E-state index >= 15 is 0 Å². The van der Waals surface area contributed by atoms with Crippen LogP contribution < -0.4 is 0 Å². The first-order chi connectivity index (χ1) is 3.73. The van der Waals surface area contributed by atoms with Crippen LogP contribution >= 0.6 is 0 Å². The van der Waals surface area contributed by atoms with Crippen LogP contribution in [0.5, 0.6) is 0 Å². The van der Waals surface area contributed by atoms with Gasteiger partial charge in [-0.25, -0.2) is 0 Å². The predicted molar refractivity (Wildman–Crippen MR) is 19.2 cm³/mol. The monoisotopic (exact) mass is 200 g/mol. The molecule has 0 aromatic rings. The second kappa shape index (κ2) is 4.95. The fraction of sp³-hybridized carbons (Fsp3) is 0. The summed E-state index contributed by atoms with van der Waals surface area (Å²) >= 11 is -7.86. The Morgan fingerprint density at radius 3 is 1.11 bits per heavy atom. The molecule has 0 unspecified atom stereocenters. The van der Waals surface area contributed by atoms with Crippen molar-refractivity contribution >= 4 is 11.4 Å². The molecule has 0 aliphatic carbocycles. The van der Waals surface area contributed by atoms with Gasteiger partial charge in [0.1, 0.15) is 0 Å². The van der Waals surface area contributed by atoms with Crippen LogP contribution in [0.15, 0.2) is 0 Å². The third-order valence-corrected chi connectivity index (χ3v) is 0. The van der Waals surface area contributed by atoms with Gasteiger partial charge in [-0.05, 0) is 0 Å². The SMILES string of the molecule is O=S(O)O.[O]=[Cr](=[O])([OH])[OH]. The molecule has 0 saturated heterocycles. The molecule has 7 nitrogen and oxygen atoms in total. The quantitative estimate of drug-likeness (QED) is 0.343. The Bertz CT molecular complexity index is 151. The molecule has 0 radical (unpaired) electrons. The van der Waals surface area contributed by atoms with E-state index in [2.05, 4.69) is 0 Å². The van der Waals surface area contributed by atoms with Gasteiger partial charge in [-0.3, -0.25) is 9.11 Å². The van der Waals surface area contributed by atoms with Crippen molar-refractivity contribution < 1.29 is 42.9 Å². The Kier molecular flexibility index (Phi) is 6.53. The second-order valence-electron chi connectivity index (χ2n) is 0.679. The van der Waals surface area contributed by atoms with E-state index in [0.29, 0.717) is 0 Å². The van der Waals surface area contributed by atoms with Gasteiger partial charge in [0, 0.05) is 0 Å². The third-order valence-electron chi connectivity index (χ3n) is 0. The van der Waals surface area contributed by atoms with Gasteiger partial charge in [-0.1, -0.05) is 0 Å². The summed E-state index contributed by atoms with van der Waals surface area (Å²) < 4.78 is 54.7. The van der Waals surface area contributed by atoms with Crippen molar-refractivity contribution in [2.45, 2.75) is 0 Å². The Morgan fingerprint density at radius 2 is 1.11 bits per heavy atom. The van der Waals surface area contributed by atoms with Gasteiger partial charge >= 0.3 is 29.5 Å². The van der Waals surface area contributed by atoms with Gasteiger partial charge in [0.25, 0.3) is 11.4 Å².